The molecular weight excluding hydrogens is 320 g/mol. The molecule has 6 heteroatoms. The summed E-state index contributed by atoms with van der Waals surface area (Å²) in [6.45, 7) is 4.01. The van der Waals surface area contributed by atoms with Crippen LogP contribution < -0.4 is 10.2 Å². The van der Waals surface area contributed by atoms with Crippen molar-refractivity contribution in [3.63, 3.8) is 0 Å². The quantitative estimate of drug-likeness (QED) is 0.866. The third kappa shape index (κ3) is 4.07. The lowest BCUT2D eigenvalue weighted by atomic mass is 10.2. The topological polar surface area (TPSA) is 48.5 Å². The molecule has 1 aliphatic rings. The molecule has 0 saturated carbocycles. The van der Waals surface area contributed by atoms with Gasteiger partial charge >= 0.3 is 0 Å². The van der Waals surface area contributed by atoms with Crippen molar-refractivity contribution < 1.29 is 4.79 Å². The Kier molecular flexibility index (Phi) is 5.37. The van der Waals surface area contributed by atoms with Crippen molar-refractivity contribution in [1.29, 1.82) is 0 Å². The van der Waals surface area contributed by atoms with E-state index in [4.69, 9.17) is 0 Å². The Morgan fingerprint density at radius 3 is 2.62 bits per heavy atom. The predicted molar refractivity (Wildman–Crippen MR) is 100 cm³/mol. The molecule has 126 valence electrons. The van der Waals surface area contributed by atoms with Gasteiger partial charge in [-0.15, -0.1) is 11.8 Å². The largest absolute Gasteiger partial charge is 0.354 e. The van der Waals surface area contributed by atoms with Crippen LogP contribution in [-0.2, 0) is 0 Å². The lowest BCUT2D eigenvalue weighted by molar-refractivity contribution is 0.102. The third-order valence-electron chi connectivity index (χ3n) is 4.16. The molecule has 1 aromatic heterocycles. The summed E-state index contributed by atoms with van der Waals surface area (Å²) in [5.41, 5.74) is 1.37. The van der Waals surface area contributed by atoms with Crippen LogP contribution in [0.5, 0.6) is 0 Å². The molecule has 5 nitrogen and oxygen atoms in total. The smallest absolute Gasteiger partial charge is 0.257 e. The molecule has 2 heterocycles. The number of carbonyl (C=O) groups excluding carboxylic acids is 1. The molecule has 1 N–H and O–H groups in total. The fourth-order valence-electron chi connectivity index (χ4n) is 2.65. The molecular formula is C18H22N4OS. The van der Waals surface area contributed by atoms with Crippen molar-refractivity contribution in [2.24, 2.45) is 0 Å². The SMILES string of the molecule is CSc1cccc(NC(=O)c2ccc(N3CCN(C)CC3)nc2)c1. The molecule has 0 radical (unpaired) electrons. The van der Waals surface area contributed by atoms with E-state index in [1.54, 1.807) is 18.0 Å². The summed E-state index contributed by atoms with van der Waals surface area (Å²) in [4.78, 5) is 22.5. The molecule has 1 aromatic carbocycles. The minimum atomic E-state index is -0.134. The Morgan fingerprint density at radius 2 is 1.96 bits per heavy atom. The maximum Gasteiger partial charge on any atom is 0.257 e. The summed E-state index contributed by atoms with van der Waals surface area (Å²) in [7, 11) is 2.13. The van der Waals surface area contributed by atoms with Gasteiger partial charge in [0.2, 0.25) is 0 Å². The Morgan fingerprint density at radius 1 is 1.17 bits per heavy atom. The van der Waals surface area contributed by atoms with Gasteiger partial charge in [-0.25, -0.2) is 4.98 Å². The number of benzene rings is 1. The van der Waals surface area contributed by atoms with Gasteiger partial charge < -0.3 is 15.1 Å². The Labute approximate surface area is 147 Å². The van der Waals surface area contributed by atoms with E-state index in [0.29, 0.717) is 5.56 Å². The maximum atomic E-state index is 12.4. The fraction of sp³-hybridized carbons (Fsp3) is 0.333. The maximum absolute atomic E-state index is 12.4. The van der Waals surface area contributed by atoms with Gasteiger partial charge in [-0.1, -0.05) is 6.07 Å². The van der Waals surface area contributed by atoms with Crippen molar-refractivity contribution in [2.75, 3.05) is 49.7 Å². The van der Waals surface area contributed by atoms with Crippen molar-refractivity contribution in [3.8, 4) is 0 Å². The zero-order chi connectivity index (χ0) is 16.9. The molecule has 24 heavy (non-hydrogen) atoms. The number of thioether (sulfide) groups is 1. The fourth-order valence-corrected chi connectivity index (χ4v) is 3.11. The Balaban J connectivity index is 1.65. The predicted octanol–water partition coefficient (Wildman–Crippen LogP) is 2.81. The lowest BCUT2D eigenvalue weighted by Gasteiger charge is -2.33. The first kappa shape index (κ1) is 16.8. The summed E-state index contributed by atoms with van der Waals surface area (Å²) >= 11 is 1.65. The van der Waals surface area contributed by atoms with Crippen molar-refractivity contribution in [3.05, 3.63) is 48.2 Å². The highest BCUT2D eigenvalue weighted by Crippen LogP contribution is 2.20. The van der Waals surface area contributed by atoms with Gasteiger partial charge in [0.05, 0.1) is 5.56 Å². The first-order valence-electron chi connectivity index (χ1n) is 8.00. The van der Waals surface area contributed by atoms with E-state index in [9.17, 15) is 4.79 Å². The van der Waals surface area contributed by atoms with Gasteiger partial charge in [0.1, 0.15) is 5.82 Å². The van der Waals surface area contributed by atoms with Crippen molar-refractivity contribution in [1.82, 2.24) is 9.88 Å². The summed E-state index contributed by atoms with van der Waals surface area (Å²) in [5.74, 6) is 0.801. The first-order valence-corrected chi connectivity index (χ1v) is 9.23. The van der Waals surface area contributed by atoms with Crippen LogP contribution in [0.1, 0.15) is 10.4 Å². The number of nitrogens with zero attached hydrogens (tertiary/aromatic N) is 3. The summed E-state index contributed by atoms with van der Waals surface area (Å²) in [6.07, 6.45) is 3.67. The highest BCUT2D eigenvalue weighted by atomic mass is 32.2. The average molecular weight is 342 g/mol. The van der Waals surface area contributed by atoms with Gasteiger partial charge in [0.25, 0.3) is 5.91 Å². The number of nitrogens with one attached hydrogen (secondary N) is 1. The molecule has 2 aromatic rings. The standard InChI is InChI=1S/C18H22N4OS/c1-21-8-10-22(11-9-21)17-7-6-14(13-19-17)18(23)20-15-4-3-5-16(12-15)24-2/h3-7,12-13H,8-11H2,1-2H3,(H,20,23). The number of pyridine rings is 1. The van der Waals surface area contributed by atoms with Crippen LogP contribution >= 0.6 is 11.8 Å². The second-order valence-corrected chi connectivity index (χ2v) is 6.76. The van der Waals surface area contributed by atoms with Crippen LogP contribution in [0.15, 0.2) is 47.5 Å². The second kappa shape index (κ2) is 7.68. The lowest BCUT2D eigenvalue weighted by Crippen LogP contribution is -2.44. The van der Waals surface area contributed by atoms with Crippen molar-refractivity contribution in [2.45, 2.75) is 4.90 Å². The number of hydrogen-bond donors (Lipinski definition) is 1. The van der Waals surface area contributed by atoms with E-state index in [2.05, 4.69) is 27.1 Å². The molecule has 3 rings (SSSR count). The van der Waals surface area contributed by atoms with Crippen LogP contribution in [0, 0.1) is 0 Å². The zero-order valence-electron chi connectivity index (χ0n) is 14.0. The van der Waals surface area contributed by atoms with E-state index in [1.165, 1.54) is 0 Å². The number of rotatable bonds is 4. The monoisotopic (exact) mass is 342 g/mol. The van der Waals surface area contributed by atoms with Crippen LogP contribution in [0.3, 0.4) is 0 Å². The van der Waals surface area contributed by atoms with Crippen LogP contribution in [-0.4, -0.2) is 55.3 Å². The highest BCUT2D eigenvalue weighted by Gasteiger charge is 2.15. The molecule has 0 atom stereocenters. The minimum absolute atomic E-state index is 0.134. The number of carbonyl (C=O) groups is 1. The number of piperazine rings is 1. The number of anilines is 2. The summed E-state index contributed by atoms with van der Waals surface area (Å²) in [6, 6.07) is 11.6. The second-order valence-electron chi connectivity index (χ2n) is 5.88. The van der Waals surface area contributed by atoms with E-state index in [-0.39, 0.29) is 5.91 Å². The molecule has 0 unspecified atom stereocenters. The highest BCUT2D eigenvalue weighted by molar-refractivity contribution is 7.98. The molecule has 1 aliphatic heterocycles. The van der Waals surface area contributed by atoms with E-state index < -0.39 is 0 Å². The molecule has 0 spiro atoms. The van der Waals surface area contributed by atoms with E-state index >= 15 is 0 Å². The Bertz CT molecular complexity index is 696. The van der Waals surface area contributed by atoms with Gasteiger partial charge in [-0.2, -0.15) is 0 Å². The number of aromatic nitrogens is 1. The van der Waals surface area contributed by atoms with Crippen LogP contribution in [0.25, 0.3) is 0 Å². The number of amides is 1. The average Bonchev–Trinajstić information content (AvgIpc) is 2.62. The minimum Gasteiger partial charge on any atom is -0.354 e. The Hall–Kier alpha value is -2.05. The van der Waals surface area contributed by atoms with Crippen LogP contribution in [0.2, 0.25) is 0 Å². The van der Waals surface area contributed by atoms with Gasteiger partial charge in [-0.3, -0.25) is 4.79 Å². The van der Waals surface area contributed by atoms with Gasteiger partial charge in [-0.05, 0) is 43.6 Å². The van der Waals surface area contributed by atoms with Gasteiger partial charge in [0.15, 0.2) is 0 Å². The van der Waals surface area contributed by atoms with E-state index in [1.807, 2.05) is 42.7 Å². The van der Waals surface area contributed by atoms with Crippen molar-refractivity contribution >= 4 is 29.2 Å². The zero-order valence-corrected chi connectivity index (χ0v) is 14.8. The first-order chi connectivity index (χ1) is 11.7. The number of hydrogen-bond acceptors (Lipinski definition) is 5. The van der Waals surface area contributed by atoms with Gasteiger partial charge in [0, 0.05) is 43.0 Å². The molecule has 0 bridgehead atoms. The molecule has 1 fully saturated rings. The summed E-state index contributed by atoms with van der Waals surface area (Å²) in [5, 5.41) is 2.93. The van der Waals surface area contributed by atoms with Crippen LogP contribution in [0.4, 0.5) is 11.5 Å². The summed E-state index contributed by atoms with van der Waals surface area (Å²) < 4.78 is 0. The van der Waals surface area contributed by atoms with E-state index in [0.717, 1.165) is 42.6 Å². The molecule has 0 aliphatic carbocycles. The molecule has 1 saturated heterocycles. The molecule has 1 amide bonds. The third-order valence-corrected chi connectivity index (χ3v) is 4.89. The normalized spacial score (nSPS) is 15.3. The number of likely N-dealkylation sites (N-methyl/N-ethyl adjacent to an activating group) is 1.